The van der Waals surface area contributed by atoms with E-state index in [2.05, 4.69) is 11.8 Å². The van der Waals surface area contributed by atoms with Gasteiger partial charge in [0.05, 0.1) is 6.61 Å². The number of ether oxygens (including phenoxy) is 1. The Bertz CT molecular complexity index is 160. The lowest BCUT2D eigenvalue weighted by Gasteiger charge is -2.33. The number of hydrogen-bond acceptors (Lipinski definition) is 2. The summed E-state index contributed by atoms with van der Waals surface area (Å²) in [6.07, 6.45) is 8.00. The van der Waals surface area contributed by atoms with E-state index in [1.807, 2.05) is 0 Å². The summed E-state index contributed by atoms with van der Waals surface area (Å²) in [7, 11) is 0. The summed E-state index contributed by atoms with van der Waals surface area (Å²) in [6, 6.07) is 0.762. The van der Waals surface area contributed by atoms with Crippen LogP contribution in [0.25, 0.3) is 0 Å². The lowest BCUT2D eigenvalue weighted by molar-refractivity contribution is 0.0799. The maximum atomic E-state index is 5.87. The first-order valence-electron chi connectivity index (χ1n) is 6.76. The molecule has 0 aromatic carbocycles. The second-order valence-electron chi connectivity index (χ2n) is 4.63. The van der Waals surface area contributed by atoms with Crippen molar-refractivity contribution in [2.75, 3.05) is 32.2 Å². The first kappa shape index (κ1) is 14.3. The third-order valence-corrected chi connectivity index (χ3v) is 3.50. The number of halogens is 1. The van der Waals surface area contributed by atoms with Gasteiger partial charge in [0.1, 0.15) is 0 Å². The molecule has 1 aliphatic rings. The lowest BCUT2D eigenvalue weighted by atomic mass is 9.94. The summed E-state index contributed by atoms with van der Waals surface area (Å²) in [4.78, 5) is 2.53. The highest BCUT2D eigenvalue weighted by molar-refractivity contribution is 6.18. The van der Waals surface area contributed by atoms with E-state index in [1.54, 1.807) is 0 Å². The highest BCUT2D eigenvalue weighted by atomic mass is 35.5. The molecule has 96 valence electrons. The maximum absolute atomic E-state index is 5.87. The minimum absolute atomic E-state index is 0.740. The Kier molecular flexibility index (Phi) is 8.26. The van der Waals surface area contributed by atoms with Crippen molar-refractivity contribution in [2.24, 2.45) is 0 Å². The SMILES string of the molecule is CCCOCCN(CCCl)C1CCCCC1. The van der Waals surface area contributed by atoms with Crippen molar-refractivity contribution in [3.05, 3.63) is 0 Å². The van der Waals surface area contributed by atoms with Gasteiger partial charge >= 0.3 is 0 Å². The van der Waals surface area contributed by atoms with E-state index in [1.165, 1.54) is 32.1 Å². The minimum atomic E-state index is 0.740. The smallest absolute Gasteiger partial charge is 0.0593 e. The van der Waals surface area contributed by atoms with Gasteiger partial charge in [-0.1, -0.05) is 26.2 Å². The molecule has 0 heterocycles. The summed E-state index contributed by atoms with van der Waals surface area (Å²) < 4.78 is 5.57. The molecule has 0 aliphatic heterocycles. The predicted octanol–water partition coefficient (Wildman–Crippen LogP) is 3.29. The third kappa shape index (κ3) is 5.51. The molecule has 2 nitrogen and oxygen atoms in total. The molecule has 1 rings (SSSR count). The first-order chi connectivity index (χ1) is 7.88. The molecular formula is C13H26ClNO. The van der Waals surface area contributed by atoms with Gasteiger partial charge in [-0.3, -0.25) is 4.90 Å². The fourth-order valence-electron chi connectivity index (χ4n) is 2.46. The maximum Gasteiger partial charge on any atom is 0.0593 e. The molecule has 0 aromatic heterocycles. The molecule has 1 saturated carbocycles. The zero-order valence-corrected chi connectivity index (χ0v) is 11.3. The van der Waals surface area contributed by atoms with Crippen LogP contribution >= 0.6 is 11.6 Å². The van der Waals surface area contributed by atoms with Gasteiger partial charge in [0.25, 0.3) is 0 Å². The van der Waals surface area contributed by atoms with Crippen LogP contribution in [0.3, 0.4) is 0 Å². The molecule has 0 aromatic rings. The standard InChI is InChI=1S/C13H26ClNO/c1-2-11-16-12-10-15(9-8-14)13-6-4-3-5-7-13/h13H,2-12H2,1H3. The van der Waals surface area contributed by atoms with E-state index in [-0.39, 0.29) is 0 Å². The molecule has 0 saturated heterocycles. The molecule has 0 radical (unpaired) electrons. The third-order valence-electron chi connectivity index (χ3n) is 3.33. The lowest BCUT2D eigenvalue weighted by Crippen LogP contribution is -2.40. The number of alkyl halides is 1. The zero-order valence-electron chi connectivity index (χ0n) is 10.6. The van der Waals surface area contributed by atoms with Crippen LogP contribution in [0.15, 0.2) is 0 Å². The Hall–Kier alpha value is 0.210. The summed E-state index contributed by atoms with van der Waals surface area (Å²) in [6.45, 7) is 5.97. The molecule has 0 atom stereocenters. The number of hydrogen-bond donors (Lipinski definition) is 0. The van der Waals surface area contributed by atoms with Crippen LogP contribution in [-0.2, 0) is 4.74 Å². The monoisotopic (exact) mass is 247 g/mol. The average Bonchev–Trinajstić information content (AvgIpc) is 2.34. The van der Waals surface area contributed by atoms with Crippen LogP contribution in [0.1, 0.15) is 45.4 Å². The van der Waals surface area contributed by atoms with Gasteiger partial charge in [0, 0.05) is 31.6 Å². The largest absolute Gasteiger partial charge is 0.380 e. The van der Waals surface area contributed by atoms with Gasteiger partial charge in [-0.2, -0.15) is 0 Å². The molecule has 0 unspecified atom stereocenters. The van der Waals surface area contributed by atoms with E-state index in [9.17, 15) is 0 Å². The molecule has 1 aliphatic carbocycles. The number of nitrogens with zero attached hydrogens (tertiary/aromatic N) is 1. The van der Waals surface area contributed by atoms with E-state index in [0.717, 1.165) is 44.6 Å². The van der Waals surface area contributed by atoms with Gasteiger partial charge in [0.15, 0.2) is 0 Å². The van der Waals surface area contributed by atoms with Crippen LogP contribution in [0.2, 0.25) is 0 Å². The van der Waals surface area contributed by atoms with Crippen molar-refractivity contribution in [3.63, 3.8) is 0 Å². The van der Waals surface area contributed by atoms with Crippen LogP contribution in [0.4, 0.5) is 0 Å². The van der Waals surface area contributed by atoms with Gasteiger partial charge in [-0.05, 0) is 19.3 Å². The van der Waals surface area contributed by atoms with Gasteiger partial charge in [0.2, 0.25) is 0 Å². The second kappa shape index (κ2) is 9.26. The summed E-state index contributed by atoms with van der Waals surface area (Å²) in [5.41, 5.74) is 0. The second-order valence-corrected chi connectivity index (χ2v) is 5.01. The normalized spacial score (nSPS) is 18.2. The summed E-state index contributed by atoms with van der Waals surface area (Å²) in [5.74, 6) is 0.740. The number of rotatable bonds is 8. The Balaban J connectivity index is 2.22. The minimum Gasteiger partial charge on any atom is -0.380 e. The molecule has 1 fully saturated rings. The predicted molar refractivity (Wildman–Crippen MR) is 70.3 cm³/mol. The zero-order chi connectivity index (χ0) is 11.6. The van der Waals surface area contributed by atoms with E-state index in [0.29, 0.717) is 0 Å². The molecular weight excluding hydrogens is 222 g/mol. The van der Waals surface area contributed by atoms with E-state index in [4.69, 9.17) is 16.3 Å². The Labute approximate surface area is 105 Å². The Morgan fingerprint density at radius 3 is 2.50 bits per heavy atom. The van der Waals surface area contributed by atoms with Crippen molar-refractivity contribution >= 4 is 11.6 Å². The highest BCUT2D eigenvalue weighted by Crippen LogP contribution is 2.22. The summed E-state index contributed by atoms with van der Waals surface area (Å²) in [5, 5.41) is 0. The topological polar surface area (TPSA) is 12.5 Å². The van der Waals surface area contributed by atoms with Crippen molar-refractivity contribution < 1.29 is 4.74 Å². The van der Waals surface area contributed by atoms with Gasteiger partial charge < -0.3 is 4.74 Å². The van der Waals surface area contributed by atoms with Gasteiger partial charge in [-0.15, -0.1) is 11.6 Å². The Morgan fingerprint density at radius 1 is 1.12 bits per heavy atom. The Morgan fingerprint density at radius 2 is 1.88 bits per heavy atom. The van der Waals surface area contributed by atoms with Crippen LogP contribution in [0.5, 0.6) is 0 Å². The fraction of sp³-hybridized carbons (Fsp3) is 1.00. The molecule has 0 amide bonds. The first-order valence-corrected chi connectivity index (χ1v) is 7.29. The van der Waals surface area contributed by atoms with Crippen molar-refractivity contribution in [2.45, 2.75) is 51.5 Å². The summed E-state index contributed by atoms with van der Waals surface area (Å²) >= 11 is 5.87. The molecule has 0 bridgehead atoms. The average molecular weight is 248 g/mol. The van der Waals surface area contributed by atoms with Crippen molar-refractivity contribution in [1.29, 1.82) is 0 Å². The molecule has 0 spiro atoms. The molecule has 16 heavy (non-hydrogen) atoms. The molecule has 0 N–H and O–H groups in total. The van der Waals surface area contributed by atoms with Crippen LogP contribution in [-0.4, -0.2) is 43.1 Å². The van der Waals surface area contributed by atoms with Crippen LogP contribution < -0.4 is 0 Å². The molecule has 3 heteroatoms. The van der Waals surface area contributed by atoms with Crippen molar-refractivity contribution in [3.8, 4) is 0 Å². The van der Waals surface area contributed by atoms with Gasteiger partial charge in [-0.25, -0.2) is 0 Å². The van der Waals surface area contributed by atoms with E-state index < -0.39 is 0 Å². The quantitative estimate of drug-likeness (QED) is 0.482. The van der Waals surface area contributed by atoms with Crippen LogP contribution in [0, 0.1) is 0 Å². The fourth-order valence-corrected chi connectivity index (χ4v) is 2.68. The van der Waals surface area contributed by atoms with E-state index >= 15 is 0 Å². The van der Waals surface area contributed by atoms with Crippen molar-refractivity contribution in [1.82, 2.24) is 4.90 Å². The highest BCUT2D eigenvalue weighted by Gasteiger charge is 2.20.